The molecule has 1 saturated heterocycles. The standard InChI is InChI=1S/C23H28N6O3/c1-30-22-14-21(26-15-27-22)28-16-2-4-18(5-3-16)32-20-13-17(29-8-10-31-11-9-29)12-19-23(20)25-7-6-24-19/h6-7,12-16,18H,2-5,8-11H2,1H3,(H,26,27,28). The maximum absolute atomic E-state index is 6.50. The number of hydrogen-bond donors (Lipinski definition) is 1. The van der Waals surface area contributed by atoms with Crippen LogP contribution in [-0.4, -0.2) is 65.5 Å². The molecule has 168 valence electrons. The summed E-state index contributed by atoms with van der Waals surface area (Å²) < 4.78 is 17.2. The Morgan fingerprint density at radius 2 is 1.78 bits per heavy atom. The molecule has 2 aliphatic rings. The van der Waals surface area contributed by atoms with Gasteiger partial charge < -0.3 is 24.4 Å². The molecule has 2 fully saturated rings. The predicted molar refractivity (Wildman–Crippen MR) is 121 cm³/mol. The molecule has 9 nitrogen and oxygen atoms in total. The van der Waals surface area contributed by atoms with Crippen molar-refractivity contribution in [2.75, 3.05) is 43.6 Å². The SMILES string of the molecule is COc1cc(NC2CCC(Oc3cc(N4CCOCC4)cc4nccnc34)CC2)ncn1. The van der Waals surface area contributed by atoms with E-state index in [1.165, 1.54) is 6.33 Å². The molecule has 3 heterocycles. The number of nitrogens with zero attached hydrogens (tertiary/aromatic N) is 5. The van der Waals surface area contributed by atoms with Gasteiger partial charge in [0.05, 0.1) is 31.9 Å². The molecule has 0 radical (unpaired) electrons. The van der Waals surface area contributed by atoms with Gasteiger partial charge in [0.2, 0.25) is 5.88 Å². The van der Waals surface area contributed by atoms with Crippen LogP contribution in [0.4, 0.5) is 11.5 Å². The molecule has 1 aliphatic carbocycles. The van der Waals surface area contributed by atoms with Crippen LogP contribution in [0.1, 0.15) is 25.7 Å². The van der Waals surface area contributed by atoms with Crippen molar-refractivity contribution in [1.29, 1.82) is 0 Å². The Hall–Kier alpha value is -3.20. The third kappa shape index (κ3) is 4.67. The number of aromatic nitrogens is 4. The summed E-state index contributed by atoms with van der Waals surface area (Å²) in [4.78, 5) is 19.8. The van der Waals surface area contributed by atoms with Gasteiger partial charge in [0.25, 0.3) is 0 Å². The highest BCUT2D eigenvalue weighted by Crippen LogP contribution is 2.33. The van der Waals surface area contributed by atoms with Gasteiger partial charge in [-0.2, -0.15) is 0 Å². The number of rotatable bonds is 6. The lowest BCUT2D eigenvalue weighted by molar-refractivity contribution is 0.122. The molecular weight excluding hydrogens is 408 g/mol. The fraction of sp³-hybridized carbons (Fsp3) is 0.478. The van der Waals surface area contributed by atoms with Gasteiger partial charge in [0.1, 0.15) is 23.4 Å². The summed E-state index contributed by atoms with van der Waals surface area (Å²) in [6.07, 6.45) is 9.05. The summed E-state index contributed by atoms with van der Waals surface area (Å²) >= 11 is 0. The Kier molecular flexibility index (Phi) is 6.15. The van der Waals surface area contributed by atoms with E-state index in [9.17, 15) is 0 Å². The molecule has 0 bridgehead atoms. The number of ether oxygens (including phenoxy) is 3. The van der Waals surface area contributed by atoms with E-state index in [-0.39, 0.29) is 6.10 Å². The van der Waals surface area contributed by atoms with Gasteiger partial charge in [0.15, 0.2) is 0 Å². The molecule has 1 N–H and O–H groups in total. The van der Waals surface area contributed by atoms with E-state index in [0.29, 0.717) is 11.9 Å². The van der Waals surface area contributed by atoms with Crippen molar-refractivity contribution in [1.82, 2.24) is 19.9 Å². The lowest BCUT2D eigenvalue weighted by Gasteiger charge is -2.31. The fourth-order valence-electron chi connectivity index (χ4n) is 4.37. The number of morpholine rings is 1. The molecule has 2 aromatic heterocycles. The largest absolute Gasteiger partial charge is 0.488 e. The Morgan fingerprint density at radius 1 is 0.969 bits per heavy atom. The second-order valence-electron chi connectivity index (χ2n) is 8.15. The van der Waals surface area contributed by atoms with E-state index in [4.69, 9.17) is 14.2 Å². The van der Waals surface area contributed by atoms with E-state index in [1.807, 2.05) is 6.07 Å². The summed E-state index contributed by atoms with van der Waals surface area (Å²) in [6.45, 7) is 3.22. The molecule has 1 aromatic carbocycles. The van der Waals surface area contributed by atoms with E-state index in [1.54, 1.807) is 19.5 Å². The highest BCUT2D eigenvalue weighted by molar-refractivity contribution is 5.85. The second-order valence-corrected chi connectivity index (χ2v) is 8.15. The lowest BCUT2D eigenvalue weighted by atomic mass is 9.93. The summed E-state index contributed by atoms with van der Waals surface area (Å²) in [7, 11) is 1.61. The van der Waals surface area contributed by atoms with Gasteiger partial charge in [-0.05, 0) is 31.7 Å². The number of fused-ring (bicyclic) bond motifs is 1. The first-order chi connectivity index (χ1) is 15.8. The number of nitrogens with one attached hydrogen (secondary N) is 1. The van der Waals surface area contributed by atoms with Crippen molar-refractivity contribution < 1.29 is 14.2 Å². The minimum absolute atomic E-state index is 0.151. The molecule has 5 rings (SSSR count). The summed E-state index contributed by atoms with van der Waals surface area (Å²) in [5.41, 5.74) is 2.79. The van der Waals surface area contributed by atoms with Crippen LogP contribution < -0.4 is 19.7 Å². The van der Waals surface area contributed by atoms with Crippen molar-refractivity contribution in [3.63, 3.8) is 0 Å². The number of methoxy groups -OCH3 is 1. The van der Waals surface area contributed by atoms with Gasteiger partial charge in [-0.3, -0.25) is 4.98 Å². The van der Waals surface area contributed by atoms with Crippen molar-refractivity contribution in [3.8, 4) is 11.6 Å². The van der Waals surface area contributed by atoms with Crippen molar-refractivity contribution in [2.45, 2.75) is 37.8 Å². The average molecular weight is 437 g/mol. The van der Waals surface area contributed by atoms with Crippen LogP contribution in [0, 0.1) is 0 Å². The van der Waals surface area contributed by atoms with E-state index in [2.05, 4.69) is 42.3 Å². The first-order valence-electron chi connectivity index (χ1n) is 11.1. The van der Waals surface area contributed by atoms with Crippen LogP contribution >= 0.6 is 0 Å². The van der Waals surface area contributed by atoms with Crippen LogP contribution in [-0.2, 0) is 4.74 Å². The monoisotopic (exact) mass is 436 g/mol. The van der Waals surface area contributed by atoms with Crippen LogP contribution in [0.25, 0.3) is 11.0 Å². The molecule has 32 heavy (non-hydrogen) atoms. The highest BCUT2D eigenvalue weighted by Gasteiger charge is 2.24. The average Bonchev–Trinajstić information content (AvgIpc) is 2.86. The molecule has 1 saturated carbocycles. The normalized spacial score (nSPS) is 21.3. The van der Waals surface area contributed by atoms with Crippen LogP contribution in [0.5, 0.6) is 11.6 Å². The molecular formula is C23H28N6O3. The molecule has 0 amide bonds. The zero-order chi connectivity index (χ0) is 21.8. The number of hydrogen-bond acceptors (Lipinski definition) is 9. The Labute approximate surface area is 187 Å². The lowest BCUT2D eigenvalue weighted by Crippen LogP contribution is -2.36. The van der Waals surface area contributed by atoms with Crippen LogP contribution in [0.15, 0.2) is 36.9 Å². The van der Waals surface area contributed by atoms with Gasteiger partial charge in [-0.15, -0.1) is 0 Å². The zero-order valence-corrected chi connectivity index (χ0v) is 18.2. The number of anilines is 2. The molecule has 0 atom stereocenters. The second kappa shape index (κ2) is 9.52. The summed E-state index contributed by atoms with van der Waals surface area (Å²) in [5.74, 6) is 2.17. The molecule has 0 spiro atoms. The Bertz CT molecular complexity index is 1050. The quantitative estimate of drug-likeness (QED) is 0.625. The third-order valence-corrected chi connectivity index (χ3v) is 6.07. The van der Waals surface area contributed by atoms with E-state index in [0.717, 1.165) is 80.3 Å². The van der Waals surface area contributed by atoms with E-state index >= 15 is 0 Å². The third-order valence-electron chi connectivity index (χ3n) is 6.07. The van der Waals surface area contributed by atoms with Gasteiger partial charge in [-0.1, -0.05) is 0 Å². The van der Waals surface area contributed by atoms with Crippen molar-refractivity contribution >= 4 is 22.5 Å². The summed E-state index contributed by atoms with van der Waals surface area (Å²) in [6, 6.07) is 6.38. The van der Waals surface area contributed by atoms with Crippen molar-refractivity contribution in [3.05, 3.63) is 36.9 Å². The molecule has 0 unspecified atom stereocenters. The van der Waals surface area contributed by atoms with Gasteiger partial charge >= 0.3 is 0 Å². The zero-order valence-electron chi connectivity index (χ0n) is 18.2. The van der Waals surface area contributed by atoms with Gasteiger partial charge in [0, 0.05) is 49.3 Å². The first kappa shape index (κ1) is 20.7. The predicted octanol–water partition coefficient (Wildman–Crippen LogP) is 3.07. The van der Waals surface area contributed by atoms with Gasteiger partial charge in [-0.25, -0.2) is 15.0 Å². The maximum atomic E-state index is 6.50. The Morgan fingerprint density at radius 3 is 2.59 bits per heavy atom. The molecule has 9 heteroatoms. The minimum Gasteiger partial charge on any atom is -0.488 e. The smallest absolute Gasteiger partial charge is 0.218 e. The van der Waals surface area contributed by atoms with Crippen LogP contribution in [0.3, 0.4) is 0 Å². The van der Waals surface area contributed by atoms with E-state index < -0.39 is 0 Å². The maximum Gasteiger partial charge on any atom is 0.218 e. The van der Waals surface area contributed by atoms with Crippen molar-refractivity contribution in [2.24, 2.45) is 0 Å². The molecule has 3 aromatic rings. The minimum atomic E-state index is 0.151. The topological polar surface area (TPSA) is 94.5 Å². The highest BCUT2D eigenvalue weighted by atomic mass is 16.5. The number of benzene rings is 1. The first-order valence-corrected chi connectivity index (χ1v) is 11.1. The summed E-state index contributed by atoms with van der Waals surface area (Å²) in [5, 5.41) is 3.49. The fourth-order valence-corrected chi connectivity index (χ4v) is 4.37. The Balaban J connectivity index is 1.26. The van der Waals surface area contributed by atoms with Crippen LogP contribution in [0.2, 0.25) is 0 Å². The molecule has 1 aliphatic heterocycles.